The second-order valence-corrected chi connectivity index (χ2v) is 8.31. The summed E-state index contributed by atoms with van der Waals surface area (Å²) < 4.78 is 33.4. The number of ether oxygens (including phenoxy) is 1. The van der Waals surface area contributed by atoms with Crippen molar-refractivity contribution >= 4 is 39.6 Å². The lowest BCUT2D eigenvalue weighted by Gasteiger charge is -2.27. The molecule has 35 heavy (non-hydrogen) atoms. The van der Waals surface area contributed by atoms with Gasteiger partial charge in [0.2, 0.25) is 0 Å². The van der Waals surface area contributed by atoms with E-state index in [-0.39, 0.29) is 30.7 Å². The van der Waals surface area contributed by atoms with Crippen LogP contribution in [0.2, 0.25) is 0 Å². The van der Waals surface area contributed by atoms with Gasteiger partial charge < -0.3 is 4.74 Å². The highest BCUT2D eigenvalue weighted by Crippen LogP contribution is 2.31. The normalized spacial score (nSPS) is 14.2. The minimum Gasteiger partial charge on any atom is -0.454 e. The summed E-state index contributed by atoms with van der Waals surface area (Å²) in [6.45, 7) is -1.34. The molecule has 0 saturated heterocycles. The van der Waals surface area contributed by atoms with Gasteiger partial charge >= 0.3 is 12.5 Å². The number of esters is 1. The average molecular weight is 477 g/mol. The third kappa shape index (κ3) is 3.92. The second kappa shape index (κ2) is 8.90. The van der Waals surface area contributed by atoms with Crippen LogP contribution in [0, 0.1) is 0 Å². The van der Waals surface area contributed by atoms with Gasteiger partial charge in [0.25, 0.3) is 11.8 Å². The summed E-state index contributed by atoms with van der Waals surface area (Å²) in [6.07, 6.45) is -0.930. The van der Waals surface area contributed by atoms with Crippen molar-refractivity contribution < 1.29 is 27.9 Å². The Hall–Kier alpha value is -4.14. The Kier molecular flexibility index (Phi) is 5.76. The van der Waals surface area contributed by atoms with Gasteiger partial charge in [0.05, 0.1) is 11.0 Å². The summed E-state index contributed by atoms with van der Waals surface area (Å²) in [5.41, 5.74) is 1.51. The number of fused-ring (bicyclic) bond motifs is 1. The third-order valence-electron chi connectivity index (χ3n) is 6.11. The van der Waals surface area contributed by atoms with E-state index in [1.165, 1.54) is 13.0 Å². The minimum absolute atomic E-state index is 0.0292. The number of halogens is 2. The molecule has 0 aliphatic carbocycles. The number of carbonyl (C=O) groups is 3. The van der Waals surface area contributed by atoms with E-state index >= 15 is 0 Å². The first kappa shape index (κ1) is 22.6. The van der Waals surface area contributed by atoms with E-state index in [9.17, 15) is 23.2 Å². The highest BCUT2D eigenvalue weighted by Gasteiger charge is 2.32. The van der Waals surface area contributed by atoms with Gasteiger partial charge in [0, 0.05) is 29.5 Å². The van der Waals surface area contributed by atoms with Gasteiger partial charge in [-0.2, -0.15) is 8.78 Å². The van der Waals surface area contributed by atoms with E-state index in [1.807, 2.05) is 12.1 Å². The van der Waals surface area contributed by atoms with Crippen molar-refractivity contribution in [1.82, 2.24) is 14.5 Å². The number of benzene rings is 3. The number of alkyl halides is 2. The Balaban J connectivity index is 1.25. The molecule has 1 unspecified atom stereocenters. The molecule has 0 saturated carbocycles. The molecule has 2 amide bonds. The Morgan fingerprint density at radius 2 is 1.63 bits per heavy atom. The van der Waals surface area contributed by atoms with E-state index in [4.69, 9.17) is 4.74 Å². The number of nitrogens with zero attached hydrogens (tertiary/aromatic N) is 3. The van der Waals surface area contributed by atoms with Gasteiger partial charge in [-0.1, -0.05) is 36.4 Å². The monoisotopic (exact) mass is 477 g/mol. The van der Waals surface area contributed by atoms with E-state index < -0.39 is 30.4 Å². The molecule has 1 aliphatic rings. The number of rotatable bonds is 7. The molecule has 0 spiro atoms. The van der Waals surface area contributed by atoms with Gasteiger partial charge in [-0.15, -0.1) is 0 Å². The number of aromatic nitrogens is 2. The quantitative estimate of drug-likeness (QED) is 0.268. The molecule has 0 radical (unpaired) electrons. The summed E-state index contributed by atoms with van der Waals surface area (Å²) in [5, 5.41) is 1.45. The van der Waals surface area contributed by atoms with Crippen LogP contribution in [0.5, 0.6) is 0 Å². The molecule has 5 rings (SSSR count). The van der Waals surface area contributed by atoms with Crippen LogP contribution in [0.3, 0.4) is 0 Å². The molecule has 0 fully saturated rings. The van der Waals surface area contributed by atoms with E-state index in [0.717, 1.165) is 14.9 Å². The first-order chi connectivity index (χ1) is 16.9. The zero-order valence-electron chi connectivity index (χ0n) is 18.8. The fourth-order valence-corrected chi connectivity index (χ4v) is 4.53. The van der Waals surface area contributed by atoms with Gasteiger partial charge in [-0.25, -0.2) is 4.98 Å². The maximum absolute atomic E-state index is 13.7. The molecular weight excluding hydrogens is 456 g/mol. The van der Waals surface area contributed by atoms with Crippen LogP contribution in [-0.2, 0) is 9.53 Å². The van der Waals surface area contributed by atoms with Crippen molar-refractivity contribution in [1.29, 1.82) is 0 Å². The van der Waals surface area contributed by atoms with Crippen molar-refractivity contribution in [3.05, 3.63) is 77.6 Å². The lowest BCUT2D eigenvalue weighted by atomic mass is 9.94. The highest BCUT2D eigenvalue weighted by molar-refractivity contribution is 6.25. The SMILES string of the molecule is CC(OC(=O)CCCN1C(=O)c2cccc3cccc(c23)C1=O)c1nc2ccccc2n1C(F)F. The van der Waals surface area contributed by atoms with Gasteiger partial charge in [-0.3, -0.25) is 23.9 Å². The van der Waals surface area contributed by atoms with Crippen molar-refractivity contribution in [2.75, 3.05) is 6.54 Å². The van der Waals surface area contributed by atoms with E-state index in [1.54, 1.807) is 42.5 Å². The number of para-hydroxylation sites is 2. The van der Waals surface area contributed by atoms with Crippen LogP contribution < -0.4 is 0 Å². The van der Waals surface area contributed by atoms with Crippen molar-refractivity contribution in [3.8, 4) is 0 Å². The molecule has 1 aliphatic heterocycles. The van der Waals surface area contributed by atoms with Crippen molar-refractivity contribution in [2.45, 2.75) is 32.4 Å². The smallest absolute Gasteiger partial charge is 0.320 e. The fourth-order valence-electron chi connectivity index (χ4n) is 4.53. The molecule has 7 nitrogen and oxygen atoms in total. The summed E-state index contributed by atoms with van der Waals surface area (Å²) in [5.74, 6) is -1.51. The molecule has 9 heteroatoms. The number of amides is 2. The fraction of sp³-hybridized carbons (Fsp3) is 0.231. The third-order valence-corrected chi connectivity index (χ3v) is 6.11. The Morgan fingerprint density at radius 1 is 0.971 bits per heavy atom. The topological polar surface area (TPSA) is 81.5 Å². The zero-order valence-corrected chi connectivity index (χ0v) is 18.8. The van der Waals surface area contributed by atoms with Gasteiger partial charge in [0.15, 0.2) is 11.9 Å². The maximum Gasteiger partial charge on any atom is 0.320 e. The van der Waals surface area contributed by atoms with Crippen LogP contribution in [-0.4, -0.2) is 38.8 Å². The summed E-state index contributed by atoms with van der Waals surface area (Å²) in [7, 11) is 0. The standard InChI is InChI=1S/C26H21F2N3O4/c1-15(23-29-19-11-2-3-12-20(19)31(23)26(27)28)35-21(32)13-6-14-30-24(33)17-9-4-7-16-8-5-10-18(22(16)17)25(30)34/h2-5,7-12,15,26H,6,13-14H2,1H3. The second-order valence-electron chi connectivity index (χ2n) is 8.31. The Labute approximate surface area is 198 Å². The first-order valence-corrected chi connectivity index (χ1v) is 11.2. The number of hydrogen-bond donors (Lipinski definition) is 0. The van der Waals surface area contributed by atoms with E-state index in [2.05, 4.69) is 4.98 Å². The molecule has 0 N–H and O–H groups in total. The molecule has 4 aromatic rings. The lowest BCUT2D eigenvalue weighted by Crippen LogP contribution is -2.41. The molecule has 178 valence electrons. The van der Waals surface area contributed by atoms with E-state index in [0.29, 0.717) is 22.0 Å². The Morgan fingerprint density at radius 3 is 2.29 bits per heavy atom. The predicted molar refractivity (Wildman–Crippen MR) is 124 cm³/mol. The number of carbonyl (C=O) groups excluding carboxylic acids is 3. The van der Waals surface area contributed by atoms with Gasteiger partial charge in [0.1, 0.15) is 0 Å². The molecule has 0 bridgehead atoms. The van der Waals surface area contributed by atoms with Crippen LogP contribution >= 0.6 is 0 Å². The first-order valence-electron chi connectivity index (χ1n) is 11.2. The largest absolute Gasteiger partial charge is 0.454 e. The highest BCUT2D eigenvalue weighted by atomic mass is 19.3. The number of imidazole rings is 1. The van der Waals surface area contributed by atoms with Crippen LogP contribution in [0.1, 0.15) is 59.0 Å². The molecule has 1 atom stereocenters. The molecule has 1 aromatic heterocycles. The number of hydrogen-bond acceptors (Lipinski definition) is 5. The summed E-state index contributed by atoms with van der Waals surface area (Å²) in [6, 6.07) is 17.0. The average Bonchev–Trinajstić information content (AvgIpc) is 3.25. The summed E-state index contributed by atoms with van der Waals surface area (Å²) >= 11 is 0. The molecular formula is C26H21F2N3O4. The zero-order chi connectivity index (χ0) is 24.7. The van der Waals surface area contributed by atoms with Crippen LogP contribution in [0.25, 0.3) is 21.8 Å². The van der Waals surface area contributed by atoms with Crippen molar-refractivity contribution in [2.24, 2.45) is 0 Å². The molecule has 2 heterocycles. The lowest BCUT2D eigenvalue weighted by molar-refractivity contribution is -0.149. The minimum atomic E-state index is -2.85. The molecule has 3 aromatic carbocycles. The van der Waals surface area contributed by atoms with Crippen molar-refractivity contribution in [3.63, 3.8) is 0 Å². The Bertz CT molecular complexity index is 1430. The van der Waals surface area contributed by atoms with Crippen LogP contribution in [0.15, 0.2) is 60.7 Å². The summed E-state index contributed by atoms with van der Waals surface area (Å²) in [4.78, 5) is 43.7. The number of imide groups is 1. The van der Waals surface area contributed by atoms with Crippen LogP contribution in [0.4, 0.5) is 8.78 Å². The predicted octanol–water partition coefficient (Wildman–Crippen LogP) is 5.27. The maximum atomic E-state index is 13.7. The van der Waals surface area contributed by atoms with Gasteiger partial charge in [-0.05, 0) is 43.0 Å².